The van der Waals surface area contributed by atoms with E-state index in [0.29, 0.717) is 38.8 Å². The number of carbonyl (C=O) groups excluding carboxylic acids is 3. The summed E-state index contributed by atoms with van der Waals surface area (Å²) in [6.45, 7) is 5.23. The Morgan fingerprint density at radius 3 is 2.39 bits per heavy atom. The number of nitrogens with one attached hydrogen (secondary N) is 3. The predicted molar refractivity (Wildman–Crippen MR) is 130 cm³/mol. The summed E-state index contributed by atoms with van der Waals surface area (Å²) in [6.07, 6.45) is 10.1. The van der Waals surface area contributed by atoms with Crippen LogP contribution in [0, 0.1) is 17.3 Å². The molecule has 1 aromatic carbocycles. The van der Waals surface area contributed by atoms with Crippen LogP contribution < -0.4 is 16.0 Å². The average Bonchev–Trinajstić information content (AvgIpc) is 3.14. The van der Waals surface area contributed by atoms with Gasteiger partial charge in [0.15, 0.2) is 0 Å². The van der Waals surface area contributed by atoms with E-state index < -0.39 is 11.5 Å². The summed E-state index contributed by atoms with van der Waals surface area (Å²) in [5.74, 6) is -0.0347. The standard InChI is InChI=1S/C27H39N3O3/c1-20(2)18-23-25(32)28-16-14-27(15-17-29-26(27)33)13-9-4-3-8-12-22(24(31)30-23)19-21-10-6-5-7-11-21/h4-7,9-11,20,22-23H,3,8,12-19H2,1-2H3,(H,28,32)(H,29,33)(H,30,31)/b9-4+. The van der Waals surface area contributed by atoms with Crippen molar-refractivity contribution in [2.45, 2.75) is 71.3 Å². The number of carbonyl (C=O) groups is 3. The predicted octanol–water partition coefficient (Wildman–Crippen LogP) is 3.52. The normalized spacial score (nSPS) is 28.5. The van der Waals surface area contributed by atoms with Crippen LogP contribution in [0.25, 0.3) is 0 Å². The maximum atomic E-state index is 13.3. The lowest BCUT2D eigenvalue weighted by Gasteiger charge is -2.26. The van der Waals surface area contributed by atoms with Gasteiger partial charge in [-0.3, -0.25) is 14.4 Å². The Labute approximate surface area is 198 Å². The van der Waals surface area contributed by atoms with Gasteiger partial charge >= 0.3 is 0 Å². The third kappa shape index (κ3) is 7.18. The van der Waals surface area contributed by atoms with Gasteiger partial charge in [0, 0.05) is 19.0 Å². The number of hydrogen-bond donors (Lipinski definition) is 3. The molecule has 2 heterocycles. The van der Waals surface area contributed by atoms with E-state index >= 15 is 0 Å². The van der Waals surface area contributed by atoms with Crippen molar-refractivity contribution in [3.05, 3.63) is 48.0 Å². The largest absolute Gasteiger partial charge is 0.356 e. The summed E-state index contributed by atoms with van der Waals surface area (Å²) in [7, 11) is 0. The molecule has 1 fully saturated rings. The molecule has 0 aromatic heterocycles. The number of rotatable bonds is 4. The molecule has 3 rings (SSSR count). The summed E-state index contributed by atoms with van der Waals surface area (Å²) in [4.78, 5) is 38.9. The second kappa shape index (κ2) is 12.0. The third-order valence-corrected chi connectivity index (χ3v) is 6.91. The van der Waals surface area contributed by atoms with E-state index in [1.165, 1.54) is 0 Å². The molecular weight excluding hydrogens is 414 g/mol. The molecule has 3 amide bonds. The fraction of sp³-hybridized carbons (Fsp3) is 0.593. The minimum Gasteiger partial charge on any atom is -0.356 e. The molecule has 3 N–H and O–H groups in total. The van der Waals surface area contributed by atoms with Gasteiger partial charge in [0.25, 0.3) is 0 Å². The lowest BCUT2D eigenvalue weighted by molar-refractivity contribution is -0.132. The van der Waals surface area contributed by atoms with Crippen LogP contribution in [-0.2, 0) is 20.8 Å². The molecule has 0 bridgehead atoms. The Morgan fingerprint density at radius 2 is 1.70 bits per heavy atom. The van der Waals surface area contributed by atoms with Crippen molar-refractivity contribution in [1.29, 1.82) is 0 Å². The van der Waals surface area contributed by atoms with Crippen LogP contribution in [0.1, 0.15) is 64.4 Å². The van der Waals surface area contributed by atoms with Crippen molar-refractivity contribution < 1.29 is 14.4 Å². The molecule has 2 aliphatic heterocycles. The highest BCUT2D eigenvalue weighted by molar-refractivity contribution is 5.89. The lowest BCUT2D eigenvalue weighted by Crippen LogP contribution is -2.50. The molecule has 0 aliphatic carbocycles. The van der Waals surface area contributed by atoms with Gasteiger partial charge in [-0.05, 0) is 62.8 Å². The van der Waals surface area contributed by atoms with Crippen molar-refractivity contribution in [2.75, 3.05) is 13.1 Å². The zero-order valence-electron chi connectivity index (χ0n) is 20.1. The van der Waals surface area contributed by atoms with E-state index in [2.05, 4.69) is 41.9 Å². The molecule has 1 spiro atoms. The zero-order valence-corrected chi connectivity index (χ0v) is 20.1. The molecule has 180 valence electrons. The first-order chi connectivity index (χ1) is 15.9. The minimum absolute atomic E-state index is 0.0508. The Hall–Kier alpha value is -2.63. The molecule has 6 heteroatoms. The molecule has 1 saturated heterocycles. The van der Waals surface area contributed by atoms with Crippen LogP contribution in [-0.4, -0.2) is 36.9 Å². The summed E-state index contributed by atoms with van der Waals surface area (Å²) >= 11 is 0. The zero-order chi connectivity index (χ0) is 23.7. The van der Waals surface area contributed by atoms with Crippen LogP contribution >= 0.6 is 0 Å². The first kappa shape index (κ1) is 25.0. The second-order valence-corrected chi connectivity index (χ2v) is 10.0. The molecule has 6 nitrogen and oxygen atoms in total. The number of allylic oxidation sites excluding steroid dienone is 2. The van der Waals surface area contributed by atoms with Gasteiger partial charge in [-0.1, -0.05) is 56.3 Å². The fourth-order valence-corrected chi connectivity index (χ4v) is 4.93. The van der Waals surface area contributed by atoms with E-state index in [0.717, 1.165) is 31.2 Å². The molecule has 33 heavy (non-hydrogen) atoms. The average molecular weight is 454 g/mol. The smallest absolute Gasteiger partial charge is 0.242 e. The monoisotopic (exact) mass is 453 g/mol. The summed E-state index contributed by atoms with van der Waals surface area (Å²) in [6, 6.07) is 9.50. The fourth-order valence-electron chi connectivity index (χ4n) is 4.93. The number of amides is 3. The first-order valence-electron chi connectivity index (χ1n) is 12.4. The van der Waals surface area contributed by atoms with Gasteiger partial charge in [0.1, 0.15) is 6.04 Å². The molecule has 0 radical (unpaired) electrons. The van der Waals surface area contributed by atoms with Gasteiger partial charge in [0.2, 0.25) is 17.7 Å². The van der Waals surface area contributed by atoms with Crippen LogP contribution in [0.2, 0.25) is 0 Å². The summed E-state index contributed by atoms with van der Waals surface area (Å²) < 4.78 is 0. The topological polar surface area (TPSA) is 87.3 Å². The SMILES string of the molecule is CC(C)CC1NC(=O)C(Cc2ccccc2)CCC/C=C/CC2(CCNC1=O)CCNC2=O. The maximum absolute atomic E-state index is 13.3. The van der Waals surface area contributed by atoms with Crippen LogP contribution in [0.4, 0.5) is 0 Å². The van der Waals surface area contributed by atoms with Crippen molar-refractivity contribution in [2.24, 2.45) is 17.3 Å². The highest BCUT2D eigenvalue weighted by Gasteiger charge is 2.41. The Balaban J connectivity index is 1.78. The third-order valence-electron chi connectivity index (χ3n) is 6.91. The molecule has 2 aliphatic rings. The van der Waals surface area contributed by atoms with Gasteiger partial charge in [0.05, 0.1) is 5.41 Å². The highest BCUT2D eigenvalue weighted by atomic mass is 16.2. The quantitative estimate of drug-likeness (QED) is 0.610. The number of benzene rings is 1. The van der Waals surface area contributed by atoms with E-state index in [1.54, 1.807) is 0 Å². The molecule has 0 saturated carbocycles. The van der Waals surface area contributed by atoms with Crippen molar-refractivity contribution in [3.63, 3.8) is 0 Å². The van der Waals surface area contributed by atoms with Crippen molar-refractivity contribution >= 4 is 17.7 Å². The molecule has 3 atom stereocenters. The number of hydrogen-bond acceptors (Lipinski definition) is 3. The van der Waals surface area contributed by atoms with E-state index in [4.69, 9.17) is 0 Å². The van der Waals surface area contributed by atoms with Crippen molar-refractivity contribution in [1.82, 2.24) is 16.0 Å². The molecular formula is C27H39N3O3. The Bertz CT molecular complexity index is 836. The van der Waals surface area contributed by atoms with Gasteiger partial charge in [-0.15, -0.1) is 0 Å². The van der Waals surface area contributed by atoms with E-state index in [-0.39, 0.29) is 29.6 Å². The van der Waals surface area contributed by atoms with Crippen LogP contribution in [0.15, 0.2) is 42.5 Å². The van der Waals surface area contributed by atoms with E-state index in [1.807, 2.05) is 30.3 Å². The lowest BCUT2D eigenvalue weighted by atomic mass is 9.79. The Kier molecular flexibility index (Phi) is 9.10. The second-order valence-electron chi connectivity index (χ2n) is 10.0. The van der Waals surface area contributed by atoms with Crippen LogP contribution in [0.3, 0.4) is 0 Å². The first-order valence-corrected chi connectivity index (χ1v) is 12.4. The van der Waals surface area contributed by atoms with E-state index in [9.17, 15) is 14.4 Å². The van der Waals surface area contributed by atoms with Gasteiger partial charge in [-0.2, -0.15) is 0 Å². The van der Waals surface area contributed by atoms with Crippen LogP contribution in [0.5, 0.6) is 0 Å². The summed E-state index contributed by atoms with van der Waals surface area (Å²) in [5, 5.41) is 9.03. The Morgan fingerprint density at radius 1 is 0.970 bits per heavy atom. The summed E-state index contributed by atoms with van der Waals surface area (Å²) in [5.41, 5.74) is 0.682. The van der Waals surface area contributed by atoms with Gasteiger partial charge < -0.3 is 16.0 Å². The molecule has 3 unspecified atom stereocenters. The molecule has 1 aromatic rings. The van der Waals surface area contributed by atoms with Crippen molar-refractivity contribution in [3.8, 4) is 0 Å². The van der Waals surface area contributed by atoms with Gasteiger partial charge in [-0.25, -0.2) is 0 Å². The minimum atomic E-state index is -0.563. The highest BCUT2D eigenvalue weighted by Crippen LogP contribution is 2.35. The maximum Gasteiger partial charge on any atom is 0.242 e.